The molecule has 2 aromatic heterocycles. The number of hydrogen-bond donors (Lipinski definition) is 0. The number of alkyl halides is 3. The Kier molecular flexibility index (Phi) is 6.26. The maximum atomic E-state index is 13.2. The SMILES string of the molecule is COc1ccc(C2=C(c3ccc(OCc4cn5cc(OC(F)(F)F)ccc5n4)cc3)C(=O)C(C)(C)O2)cc1. The zero-order valence-corrected chi connectivity index (χ0v) is 20.7. The van der Waals surface area contributed by atoms with Gasteiger partial charge in [-0.25, -0.2) is 4.98 Å². The average molecular weight is 524 g/mol. The molecular weight excluding hydrogens is 501 g/mol. The summed E-state index contributed by atoms with van der Waals surface area (Å²) in [6, 6.07) is 16.9. The van der Waals surface area contributed by atoms with E-state index in [1.807, 2.05) is 12.1 Å². The molecule has 0 bridgehead atoms. The van der Waals surface area contributed by atoms with Crippen LogP contribution in [-0.2, 0) is 16.1 Å². The summed E-state index contributed by atoms with van der Waals surface area (Å²) in [6.45, 7) is 3.55. The molecule has 0 fully saturated rings. The third-order valence-corrected chi connectivity index (χ3v) is 5.95. The van der Waals surface area contributed by atoms with Gasteiger partial charge in [-0.05, 0) is 67.9 Å². The lowest BCUT2D eigenvalue weighted by atomic mass is 9.92. The van der Waals surface area contributed by atoms with E-state index in [1.165, 1.54) is 22.7 Å². The first kappa shape index (κ1) is 25.2. The Labute approximate surface area is 216 Å². The van der Waals surface area contributed by atoms with Gasteiger partial charge in [0, 0.05) is 11.8 Å². The monoisotopic (exact) mass is 524 g/mol. The van der Waals surface area contributed by atoms with Gasteiger partial charge in [0.2, 0.25) is 5.78 Å². The number of carbonyl (C=O) groups is 1. The van der Waals surface area contributed by atoms with Crippen LogP contribution in [0, 0.1) is 0 Å². The third kappa shape index (κ3) is 5.15. The molecule has 0 spiro atoms. The van der Waals surface area contributed by atoms with Crippen LogP contribution in [0.4, 0.5) is 13.2 Å². The first-order chi connectivity index (χ1) is 18.0. The summed E-state index contributed by atoms with van der Waals surface area (Å²) in [5, 5.41) is 0. The van der Waals surface area contributed by atoms with Gasteiger partial charge in [0.15, 0.2) is 5.60 Å². The number of aromatic nitrogens is 2. The van der Waals surface area contributed by atoms with Gasteiger partial charge in [-0.3, -0.25) is 4.79 Å². The lowest BCUT2D eigenvalue weighted by Crippen LogP contribution is -2.29. The van der Waals surface area contributed by atoms with Crippen LogP contribution in [0.5, 0.6) is 17.2 Å². The van der Waals surface area contributed by atoms with E-state index >= 15 is 0 Å². The molecule has 0 aliphatic carbocycles. The number of hydrogen-bond acceptors (Lipinski definition) is 6. The molecule has 0 amide bonds. The van der Waals surface area contributed by atoms with E-state index < -0.39 is 12.0 Å². The van der Waals surface area contributed by atoms with Crippen molar-refractivity contribution in [2.75, 3.05) is 7.11 Å². The second kappa shape index (κ2) is 9.44. The number of pyridine rings is 1. The van der Waals surface area contributed by atoms with Crippen molar-refractivity contribution in [3.05, 3.63) is 89.9 Å². The fraction of sp³-hybridized carbons (Fsp3) is 0.214. The standard InChI is InChI=1S/C28H23F3N2O5/c1-27(2)26(34)24(25(38-27)18-6-8-20(35-3)9-7-18)17-4-10-21(11-5-17)36-16-19-14-33-15-22(37-28(29,30)31)12-13-23(33)32-19/h4-15H,16H2,1-3H3. The number of methoxy groups -OCH3 is 1. The van der Waals surface area contributed by atoms with E-state index in [0.29, 0.717) is 39.7 Å². The normalized spacial score (nSPS) is 15.1. The molecule has 38 heavy (non-hydrogen) atoms. The van der Waals surface area contributed by atoms with E-state index in [4.69, 9.17) is 14.2 Å². The minimum Gasteiger partial charge on any atom is -0.497 e. The summed E-state index contributed by atoms with van der Waals surface area (Å²) in [5.41, 5.74) is 1.88. The fourth-order valence-electron chi connectivity index (χ4n) is 4.13. The number of ether oxygens (including phenoxy) is 4. The van der Waals surface area contributed by atoms with Crippen LogP contribution in [0.2, 0.25) is 0 Å². The fourth-order valence-corrected chi connectivity index (χ4v) is 4.13. The highest BCUT2D eigenvalue weighted by molar-refractivity contribution is 6.32. The van der Waals surface area contributed by atoms with Crippen LogP contribution in [0.15, 0.2) is 73.1 Å². The van der Waals surface area contributed by atoms with Gasteiger partial charge in [0.1, 0.15) is 35.3 Å². The second-order valence-corrected chi connectivity index (χ2v) is 9.10. The first-order valence-corrected chi connectivity index (χ1v) is 11.6. The van der Waals surface area contributed by atoms with Crippen molar-refractivity contribution in [1.82, 2.24) is 9.38 Å². The molecule has 0 saturated carbocycles. The number of fused-ring (bicyclic) bond motifs is 1. The maximum Gasteiger partial charge on any atom is 0.573 e. The summed E-state index contributed by atoms with van der Waals surface area (Å²) >= 11 is 0. The van der Waals surface area contributed by atoms with Crippen LogP contribution in [0.25, 0.3) is 17.0 Å². The van der Waals surface area contributed by atoms with Gasteiger partial charge in [-0.1, -0.05) is 12.1 Å². The van der Waals surface area contributed by atoms with Crippen molar-refractivity contribution in [1.29, 1.82) is 0 Å². The van der Waals surface area contributed by atoms with E-state index in [9.17, 15) is 18.0 Å². The Balaban J connectivity index is 1.34. The van der Waals surface area contributed by atoms with Crippen LogP contribution in [0.1, 0.15) is 30.7 Å². The molecule has 0 radical (unpaired) electrons. The van der Waals surface area contributed by atoms with E-state index in [0.717, 1.165) is 5.56 Å². The predicted molar refractivity (Wildman–Crippen MR) is 133 cm³/mol. The van der Waals surface area contributed by atoms with Crippen LogP contribution >= 0.6 is 0 Å². The Hall–Kier alpha value is -4.47. The molecule has 4 aromatic rings. The zero-order valence-electron chi connectivity index (χ0n) is 20.7. The molecule has 5 rings (SSSR count). The lowest BCUT2D eigenvalue weighted by Gasteiger charge is -2.17. The second-order valence-electron chi connectivity index (χ2n) is 9.10. The molecule has 7 nitrogen and oxygen atoms in total. The van der Waals surface area contributed by atoms with Crippen molar-refractivity contribution < 1.29 is 36.9 Å². The highest BCUT2D eigenvalue weighted by atomic mass is 19.4. The van der Waals surface area contributed by atoms with E-state index in [2.05, 4.69) is 9.72 Å². The minimum atomic E-state index is -4.77. The van der Waals surface area contributed by atoms with Crippen molar-refractivity contribution in [2.24, 2.45) is 0 Å². The van der Waals surface area contributed by atoms with Crippen LogP contribution in [-0.4, -0.2) is 34.2 Å². The van der Waals surface area contributed by atoms with Gasteiger partial charge in [-0.2, -0.15) is 0 Å². The highest BCUT2D eigenvalue weighted by Gasteiger charge is 2.42. The largest absolute Gasteiger partial charge is 0.573 e. The molecule has 0 saturated heterocycles. The number of ketones is 1. The predicted octanol–water partition coefficient (Wildman–Crippen LogP) is 6.07. The van der Waals surface area contributed by atoms with Crippen molar-refractivity contribution in [2.45, 2.75) is 32.4 Å². The summed E-state index contributed by atoms with van der Waals surface area (Å²) in [7, 11) is 1.58. The molecule has 2 aromatic carbocycles. The highest BCUT2D eigenvalue weighted by Crippen LogP contribution is 2.41. The molecular formula is C28H23F3N2O5. The summed E-state index contributed by atoms with van der Waals surface area (Å²) < 4.78 is 59.9. The van der Waals surface area contributed by atoms with Gasteiger partial charge >= 0.3 is 6.36 Å². The van der Waals surface area contributed by atoms with Gasteiger partial charge in [0.25, 0.3) is 0 Å². The Morgan fingerprint density at radius 1 is 0.895 bits per heavy atom. The molecule has 0 N–H and O–H groups in total. The van der Waals surface area contributed by atoms with Gasteiger partial charge in [0.05, 0.1) is 24.6 Å². The minimum absolute atomic E-state index is 0.0886. The molecule has 1 aliphatic heterocycles. The number of halogens is 3. The summed E-state index contributed by atoms with van der Waals surface area (Å²) in [6.07, 6.45) is -2.01. The average Bonchev–Trinajstić information content (AvgIpc) is 3.39. The molecule has 3 heterocycles. The summed E-state index contributed by atoms with van der Waals surface area (Å²) in [5.74, 6) is 1.25. The quantitative estimate of drug-likeness (QED) is 0.292. The number of rotatable bonds is 7. The lowest BCUT2D eigenvalue weighted by molar-refractivity contribution is -0.274. The number of carbonyl (C=O) groups excluding carboxylic acids is 1. The molecule has 0 unspecified atom stereocenters. The van der Waals surface area contributed by atoms with Crippen LogP contribution < -0.4 is 14.2 Å². The molecule has 10 heteroatoms. The van der Waals surface area contributed by atoms with Crippen LogP contribution in [0.3, 0.4) is 0 Å². The summed E-state index contributed by atoms with van der Waals surface area (Å²) in [4.78, 5) is 17.5. The Bertz CT molecular complexity index is 1520. The first-order valence-electron chi connectivity index (χ1n) is 11.6. The number of benzene rings is 2. The van der Waals surface area contributed by atoms with Crippen molar-refractivity contribution in [3.63, 3.8) is 0 Å². The van der Waals surface area contributed by atoms with Crippen molar-refractivity contribution >= 4 is 22.8 Å². The number of nitrogens with zero attached hydrogens (tertiary/aromatic N) is 2. The molecule has 0 atom stereocenters. The Morgan fingerprint density at radius 2 is 1.53 bits per heavy atom. The van der Waals surface area contributed by atoms with E-state index in [-0.39, 0.29) is 18.1 Å². The number of imidazole rings is 1. The molecule has 1 aliphatic rings. The van der Waals surface area contributed by atoms with Crippen molar-refractivity contribution in [3.8, 4) is 17.2 Å². The maximum absolute atomic E-state index is 13.2. The topological polar surface area (TPSA) is 71.3 Å². The van der Waals surface area contributed by atoms with E-state index in [1.54, 1.807) is 63.6 Å². The van der Waals surface area contributed by atoms with Gasteiger partial charge < -0.3 is 23.3 Å². The third-order valence-electron chi connectivity index (χ3n) is 5.95. The Morgan fingerprint density at radius 3 is 2.18 bits per heavy atom. The molecule has 196 valence electrons. The zero-order chi connectivity index (χ0) is 27.1. The van der Waals surface area contributed by atoms with Gasteiger partial charge in [-0.15, -0.1) is 13.2 Å². The smallest absolute Gasteiger partial charge is 0.497 e. The number of Topliss-reactive ketones (excluding diaryl/α,β-unsaturated/α-hetero) is 1.